The van der Waals surface area contributed by atoms with Crippen molar-refractivity contribution in [2.75, 3.05) is 7.05 Å². The Morgan fingerprint density at radius 1 is 1.50 bits per heavy atom. The molecular formula is C12H17ClN3O2+. The monoisotopic (exact) mass is 270 g/mol. The second-order valence-corrected chi connectivity index (χ2v) is 4.66. The van der Waals surface area contributed by atoms with Gasteiger partial charge in [0.2, 0.25) is 0 Å². The van der Waals surface area contributed by atoms with E-state index < -0.39 is 6.03 Å². The van der Waals surface area contributed by atoms with Crippen molar-refractivity contribution in [2.45, 2.75) is 19.5 Å². The van der Waals surface area contributed by atoms with E-state index in [2.05, 4.69) is 5.32 Å². The van der Waals surface area contributed by atoms with Gasteiger partial charge in [0.15, 0.2) is 6.04 Å². The van der Waals surface area contributed by atoms with E-state index in [0.29, 0.717) is 11.6 Å². The van der Waals surface area contributed by atoms with Crippen LogP contribution in [0.25, 0.3) is 0 Å². The summed E-state index contributed by atoms with van der Waals surface area (Å²) in [5.74, 6) is -0.387. The highest BCUT2D eigenvalue weighted by Crippen LogP contribution is 2.09. The van der Waals surface area contributed by atoms with Crippen molar-refractivity contribution in [1.82, 2.24) is 5.32 Å². The molecule has 0 aromatic heterocycles. The Kier molecular flexibility index (Phi) is 5.12. The highest BCUT2D eigenvalue weighted by atomic mass is 35.5. The van der Waals surface area contributed by atoms with Crippen LogP contribution >= 0.6 is 11.6 Å². The number of carbonyl (C=O) groups excluding carboxylic acids is 2. The Morgan fingerprint density at radius 3 is 2.72 bits per heavy atom. The van der Waals surface area contributed by atoms with Crippen LogP contribution in [0.3, 0.4) is 0 Å². The van der Waals surface area contributed by atoms with E-state index in [9.17, 15) is 9.59 Å². The van der Waals surface area contributed by atoms with Crippen LogP contribution in [0.1, 0.15) is 12.5 Å². The molecule has 0 saturated carbocycles. The highest BCUT2D eigenvalue weighted by molar-refractivity contribution is 6.30. The number of halogens is 1. The summed E-state index contributed by atoms with van der Waals surface area (Å²) in [6, 6.07) is 6.24. The summed E-state index contributed by atoms with van der Waals surface area (Å²) >= 11 is 5.89. The first-order chi connectivity index (χ1) is 8.40. The average Bonchev–Trinajstić information content (AvgIpc) is 2.27. The van der Waals surface area contributed by atoms with Crippen LogP contribution < -0.4 is 16.0 Å². The van der Waals surface area contributed by atoms with Gasteiger partial charge < -0.3 is 10.6 Å². The minimum absolute atomic E-state index is 0.378. The molecule has 0 spiro atoms. The smallest absolute Gasteiger partial charge is 0.319 e. The fourth-order valence-corrected chi connectivity index (χ4v) is 1.79. The van der Waals surface area contributed by atoms with E-state index >= 15 is 0 Å². The Bertz CT molecular complexity index is 451. The highest BCUT2D eigenvalue weighted by Gasteiger charge is 2.22. The molecule has 3 amide bonds. The molecule has 18 heavy (non-hydrogen) atoms. The van der Waals surface area contributed by atoms with Crippen LogP contribution in [-0.4, -0.2) is 25.0 Å². The minimum Gasteiger partial charge on any atom is -0.351 e. The first-order valence-electron chi connectivity index (χ1n) is 5.57. The van der Waals surface area contributed by atoms with Gasteiger partial charge in [-0.2, -0.15) is 0 Å². The number of hydrogen-bond donors (Lipinski definition) is 3. The predicted molar refractivity (Wildman–Crippen MR) is 69.2 cm³/mol. The molecule has 1 rings (SSSR count). The maximum Gasteiger partial charge on any atom is 0.319 e. The summed E-state index contributed by atoms with van der Waals surface area (Å²) in [6.07, 6.45) is 0. The molecule has 5 nitrogen and oxygen atoms in total. The molecule has 1 aromatic carbocycles. The molecule has 2 atom stereocenters. The first kappa shape index (κ1) is 14.5. The lowest BCUT2D eigenvalue weighted by atomic mass is 10.2. The lowest BCUT2D eigenvalue weighted by molar-refractivity contribution is -0.908. The molecular weight excluding hydrogens is 254 g/mol. The largest absolute Gasteiger partial charge is 0.351 e. The molecule has 0 heterocycles. The molecule has 98 valence electrons. The summed E-state index contributed by atoms with van der Waals surface area (Å²) in [5.41, 5.74) is 5.93. The predicted octanol–water partition coefficient (Wildman–Crippen LogP) is -0.0619. The van der Waals surface area contributed by atoms with Gasteiger partial charge in [0.05, 0.1) is 7.05 Å². The number of imide groups is 1. The van der Waals surface area contributed by atoms with Crippen molar-refractivity contribution in [2.24, 2.45) is 5.73 Å². The number of hydrogen-bond acceptors (Lipinski definition) is 2. The van der Waals surface area contributed by atoms with Gasteiger partial charge in [0, 0.05) is 10.6 Å². The second kappa shape index (κ2) is 6.37. The van der Waals surface area contributed by atoms with Gasteiger partial charge >= 0.3 is 6.03 Å². The molecule has 1 unspecified atom stereocenters. The topological polar surface area (TPSA) is 76.6 Å². The Morgan fingerprint density at radius 2 is 2.17 bits per heavy atom. The fraction of sp³-hybridized carbons (Fsp3) is 0.333. The van der Waals surface area contributed by atoms with Crippen LogP contribution in [-0.2, 0) is 11.3 Å². The number of urea groups is 1. The van der Waals surface area contributed by atoms with E-state index in [4.69, 9.17) is 17.3 Å². The molecule has 0 aliphatic rings. The molecule has 0 saturated heterocycles. The number of likely N-dealkylation sites (N-methyl/N-ethyl adjacent to an activating group) is 1. The van der Waals surface area contributed by atoms with Crippen molar-refractivity contribution in [3.05, 3.63) is 34.9 Å². The number of primary amides is 1. The van der Waals surface area contributed by atoms with E-state index in [1.54, 1.807) is 13.0 Å². The van der Waals surface area contributed by atoms with E-state index in [1.165, 1.54) is 0 Å². The van der Waals surface area contributed by atoms with Gasteiger partial charge in [0.25, 0.3) is 5.91 Å². The number of rotatable bonds is 4. The van der Waals surface area contributed by atoms with Gasteiger partial charge in [-0.15, -0.1) is 0 Å². The summed E-state index contributed by atoms with van der Waals surface area (Å²) in [6.45, 7) is 2.37. The standard InChI is InChI=1S/C12H16ClN3O2/c1-8(11(17)15-12(14)18)16(2)7-9-4-3-5-10(13)6-9/h3-6,8H,7H2,1-2H3,(H3,14,15,17,18)/p+1/t8-/m1/s1. The van der Waals surface area contributed by atoms with Gasteiger partial charge in [-0.1, -0.05) is 23.7 Å². The first-order valence-corrected chi connectivity index (χ1v) is 5.95. The summed E-state index contributed by atoms with van der Waals surface area (Å²) in [5, 5.41) is 2.74. The SMILES string of the molecule is C[C@H](C(=O)NC(N)=O)[NH+](C)Cc1cccc(Cl)c1. The number of amides is 3. The van der Waals surface area contributed by atoms with Crippen molar-refractivity contribution in [1.29, 1.82) is 0 Å². The second-order valence-electron chi connectivity index (χ2n) is 4.23. The van der Waals surface area contributed by atoms with Crippen molar-refractivity contribution in [3.8, 4) is 0 Å². The molecule has 0 bridgehead atoms. The van der Waals surface area contributed by atoms with E-state index in [0.717, 1.165) is 10.5 Å². The van der Waals surface area contributed by atoms with Gasteiger partial charge in [0.1, 0.15) is 6.54 Å². The third kappa shape index (κ3) is 4.35. The van der Waals surface area contributed by atoms with Crippen LogP contribution in [0.2, 0.25) is 5.02 Å². The lowest BCUT2D eigenvalue weighted by Crippen LogP contribution is -3.12. The van der Waals surface area contributed by atoms with E-state index in [1.807, 2.05) is 25.2 Å². The van der Waals surface area contributed by atoms with Crippen LogP contribution in [0.15, 0.2) is 24.3 Å². The van der Waals surface area contributed by atoms with Crippen LogP contribution in [0.4, 0.5) is 4.79 Å². The van der Waals surface area contributed by atoms with Gasteiger partial charge in [-0.05, 0) is 19.1 Å². The molecule has 0 fully saturated rings. The Labute approximate surface area is 111 Å². The Balaban J connectivity index is 2.62. The molecule has 0 aliphatic carbocycles. The lowest BCUT2D eigenvalue weighted by Gasteiger charge is -2.20. The number of nitrogens with one attached hydrogen (secondary N) is 2. The maximum atomic E-state index is 11.6. The fourth-order valence-electron chi connectivity index (χ4n) is 1.58. The zero-order valence-electron chi connectivity index (χ0n) is 10.4. The normalized spacial score (nSPS) is 13.7. The van der Waals surface area contributed by atoms with Crippen molar-refractivity contribution in [3.63, 3.8) is 0 Å². The van der Waals surface area contributed by atoms with Gasteiger partial charge in [-0.25, -0.2) is 4.79 Å². The molecule has 0 radical (unpaired) electrons. The van der Waals surface area contributed by atoms with Crippen LogP contribution in [0, 0.1) is 0 Å². The summed E-state index contributed by atoms with van der Waals surface area (Å²) in [7, 11) is 1.87. The average molecular weight is 271 g/mol. The number of quaternary nitrogens is 1. The van der Waals surface area contributed by atoms with Crippen LogP contribution in [0.5, 0.6) is 0 Å². The summed E-state index contributed by atoms with van der Waals surface area (Å²) in [4.78, 5) is 23.1. The van der Waals surface area contributed by atoms with E-state index in [-0.39, 0.29) is 11.9 Å². The third-order valence-corrected chi connectivity index (χ3v) is 2.99. The molecule has 1 aromatic rings. The van der Waals surface area contributed by atoms with Gasteiger partial charge in [-0.3, -0.25) is 10.1 Å². The molecule has 4 N–H and O–H groups in total. The zero-order valence-corrected chi connectivity index (χ0v) is 11.1. The minimum atomic E-state index is -0.831. The zero-order chi connectivity index (χ0) is 13.7. The maximum absolute atomic E-state index is 11.6. The number of nitrogens with two attached hydrogens (primary N) is 1. The quantitative estimate of drug-likeness (QED) is 0.717. The number of carbonyl (C=O) groups is 2. The van der Waals surface area contributed by atoms with Crippen molar-refractivity contribution < 1.29 is 14.5 Å². The molecule has 6 heteroatoms. The Hall–Kier alpha value is -1.59. The third-order valence-electron chi connectivity index (χ3n) is 2.75. The molecule has 0 aliphatic heterocycles. The number of benzene rings is 1. The summed E-state index contributed by atoms with van der Waals surface area (Å²) < 4.78 is 0. The van der Waals surface area contributed by atoms with Crippen molar-refractivity contribution >= 4 is 23.5 Å².